The van der Waals surface area contributed by atoms with Crippen LogP contribution in [0.2, 0.25) is 0 Å². The lowest BCUT2D eigenvalue weighted by molar-refractivity contribution is -0.143. The second kappa shape index (κ2) is 7.75. The van der Waals surface area contributed by atoms with Crippen molar-refractivity contribution in [3.63, 3.8) is 0 Å². The lowest BCUT2D eigenvalue weighted by atomic mass is 10.2. The average molecular weight is 364 g/mol. The van der Waals surface area contributed by atoms with E-state index in [0.29, 0.717) is 5.33 Å². The first-order valence-corrected chi connectivity index (χ1v) is 8.76. The summed E-state index contributed by atoms with van der Waals surface area (Å²) < 4.78 is 31.5. The van der Waals surface area contributed by atoms with Crippen molar-refractivity contribution in [3.05, 3.63) is 29.8 Å². The summed E-state index contributed by atoms with van der Waals surface area (Å²) in [6.45, 7) is 3.78. The van der Waals surface area contributed by atoms with Crippen LogP contribution in [-0.4, -0.2) is 32.4 Å². The van der Waals surface area contributed by atoms with E-state index in [-0.39, 0.29) is 17.9 Å². The number of alkyl halides is 1. The molecular formula is C13H18BrNO4S. The molecule has 0 fully saturated rings. The Morgan fingerprint density at radius 2 is 1.95 bits per heavy atom. The smallest absolute Gasteiger partial charge is 0.307 e. The van der Waals surface area contributed by atoms with Gasteiger partial charge in [0.1, 0.15) is 6.61 Å². The van der Waals surface area contributed by atoms with Crippen LogP contribution in [0.1, 0.15) is 18.9 Å². The van der Waals surface area contributed by atoms with Crippen LogP contribution in [0.25, 0.3) is 0 Å². The van der Waals surface area contributed by atoms with Crippen LogP contribution in [0.4, 0.5) is 0 Å². The summed E-state index contributed by atoms with van der Waals surface area (Å²) in [4.78, 5) is 11.6. The molecule has 0 spiro atoms. The van der Waals surface area contributed by atoms with Gasteiger partial charge in [0.05, 0.1) is 11.3 Å². The molecular weight excluding hydrogens is 346 g/mol. The highest BCUT2D eigenvalue weighted by Crippen LogP contribution is 2.11. The Labute approximate surface area is 127 Å². The van der Waals surface area contributed by atoms with E-state index in [0.717, 1.165) is 5.56 Å². The van der Waals surface area contributed by atoms with Crippen molar-refractivity contribution in [1.29, 1.82) is 0 Å². The number of rotatable bonds is 7. The number of carbonyl (C=O) groups excluding carboxylic acids is 1. The molecule has 0 aromatic heterocycles. The number of aryl methyl sites for hydroxylation is 1. The van der Waals surface area contributed by atoms with Crippen molar-refractivity contribution >= 4 is 31.9 Å². The van der Waals surface area contributed by atoms with E-state index in [9.17, 15) is 13.2 Å². The van der Waals surface area contributed by atoms with E-state index < -0.39 is 22.0 Å². The molecule has 0 saturated carbocycles. The van der Waals surface area contributed by atoms with Crippen molar-refractivity contribution in [2.24, 2.45) is 0 Å². The van der Waals surface area contributed by atoms with Crippen LogP contribution < -0.4 is 4.72 Å². The summed E-state index contributed by atoms with van der Waals surface area (Å²) in [7, 11) is -3.61. The number of hydrogen-bond donors (Lipinski definition) is 1. The minimum absolute atomic E-state index is 0.00189. The molecule has 20 heavy (non-hydrogen) atoms. The largest absolute Gasteiger partial charge is 0.465 e. The number of ether oxygens (including phenoxy) is 1. The van der Waals surface area contributed by atoms with Crippen molar-refractivity contribution in [3.8, 4) is 0 Å². The Hall–Kier alpha value is -0.920. The first kappa shape index (κ1) is 17.1. The predicted molar refractivity (Wildman–Crippen MR) is 80.3 cm³/mol. The third kappa shape index (κ3) is 5.60. The molecule has 0 saturated heterocycles. The third-order valence-electron chi connectivity index (χ3n) is 2.50. The fourth-order valence-electron chi connectivity index (χ4n) is 1.55. The van der Waals surface area contributed by atoms with Crippen molar-refractivity contribution in [2.45, 2.75) is 31.2 Å². The number of nitrogens with one attached hydrogen (secondary N) is 1. The van der Waals surface area contributed by atoms with Gasteiger partial charge >= 0.3 is 5.97 Å². The van der Waals surface area contributed by atoms with E-state index in [1.54, 1.807) is 19.1 Å². The number of benzene rings is 1. The van der Waals surface area contributed by atoms with Crippen molar-refractivity contribution in [1.82, 2.24) is 4.72 Å². The first-order chi connectivity index (χ1) is 9.35. The van der Waals surface area contributed by atoms with Crippen molar-refractivity contribution in [2.75, 3.05) is 11.9 Å². The molecule has 0 bridgehead atoms. The molecule has 1 unspecified atom stereocenters. The van der Waals surface area contributed by atoms with Crippen LogP contribution in [-0.2, 0) is 19.6 Å². The van der Waals surface area contributed by atoms with Gasteiger partial charge in [0.15, 0.2) is 0 Å². The molecule has 5 nitrogen and oxygen atoms in total. The monoisotopic (exact) mass is 363 g/mol. The molecule has 0 amide bonds. The fraction of sp³-hybridized carbons (Fsp3) is 0.462. The van der Waals surface area contributed by atoms with Gasteiger partial charge in [-0.2, -0.15) is 0 Å². The predicted octanol–water partition coefficient (Wildman–Crippen LogP) is 1.99. The molecule has 1 aromatic rings. The Bertz CT molecular complexity index is 542. The molecule has 112 valence electrons. The Kier molecular flexibility index (Phi) is 6.64. The molecule has 0 radical (unpaired) electrons. The molecule has 1 atom stereocenters. The van der Waals surface area contributed by atoms with Gasteiger partial charge in [-0.15, -0.1) is 0 Å². The zero-order chi connectivity index (χ0) is 15.2. The SMILES string of the molecule is Cc1ccc(S(=O)(=O)NC(C)CC(=O)OCCBr)cc1. The number of halogens is 1. The van der Waals surface area contributed by atoms with Gasteiger partial charge in [-0.25, -0.2) is 13.1 Å². The van der Waals surface area contributed by atoms with Crippen LogP contribution in [0.5, 0.6) is 0 Å². The highest BCUT2D eigenvalue weighted by molar-refractivity contribution is 9.09. The van der Waals surface area contributed by atoms with Gasteiger partial charge in [0.25, 0.3) is 0 Å². The van der Waals surface area contributed by atoms with Crippen LogP contribution in [0.3, 0.4) is 0 Å². The molecule has 0 heterocycles. The summed E-state index contributed by atoms with van der Waals surface area (Å²) in [6.07, 6.45) is -0.00189. The molecule has 1 N–H and O–H groups in total. The highest BCUT2D eigenvalue weighted by atomic mass is 79.9. The molecule has 7 heteroatoms. The van der Waals surface area contributed by atoms with Crippen LogP contribution >= 0.6 is 15.9 Å². The van der Waals surface area contributed by atoms with Gasteiger partial charge in [0.2, 0.25) is 10.0 Å². The second-order valence-electron chi connectivity index (χ2n) is 4.45. The Morgan fingerprint density at radius 3 is 2.50 bits per heavy atom. The van der Waals surface area contributed by atoms with Crippen LogP contribution in [0.15, 0.2) is 29.2 Å². The Morgan fingerprint density at radius 1 is 1.35 bits per heavy atom. The van der Waals surface area contributed by atoms with Gasteiger partial charge in [0, 0.05) is 11.4 Å². The lowest BCUT2D eigenvalue weighted by Crippen LogP contribution is -2.34. The average Bonchev–Trinajstić information content (AvgIpc) is 2.36. The van der Waals surface area contributed by atoms with Gasteiger partial charge < -0.3 is 4.74 Å². The lowest BCUT2D eigenvalue weighted by Gasteiger charge is -2.13. The Balaban J connectivity index is 2.62. The van der Waals surface area contributed by atoms with E-state index in [1.165, 1.54) is 12.1 Å². The molecule has 1 aromatic carbocycles. The number of hydrogen-bond acceptors (Lipinski definition) is 4. The minimum atomic E-state index is -3.61. The zero-order valence-electron chi connectivity index (χ0n) is 11.4. The normalized spacial score (nSPS) is 12.9. The van der Waals surface area contributed by atoms with Gasteiger partial charge in [-0.1, -0.05) is 33.6 Å². The molecule has 0 aliphatic heterocycles. The quantitative estimate of drug-likeness (QED) is 0.593. The standard InChI is InChI=1S/C13H18BrNO4S/c1-10-3-5-12(6-4-10)20(17,18)15-11(2)9-13(16)19-8-7-14/h3-6,11,15H,7-9H2,1-2H3. The molecule has 1 rings (SSSR count). The summed E-state index contributed by atoms with van der Waals surface area (Å²) in [5.41, 5.74) is 0.982. The summed E-state index contributed by atoms with van der Waals surface area (Å²) in [5, 5.41) is 0.558. The fourth-order valence-corrected chi connectivity index (χ4v) is 2.96. The molecule has 0 aliphatic carbocycles. The van der Waals surface area contributed by atoms with E-state index >= 15 is 0 Å². The highest BCUT2D eigenvalue weighted by Gasteiger charge is 2.19. The summed E-state index contributed by atoms with van der Waals surface area (Å²) in [6, 6.07) is 6.00. The number of carbonyl (C=O) groups is 1. The summed E-state index contributed by atoms with van der Waals surface area (Å²) in [5.74, 6) is -0.427. The maximum Gasteiger partial charge on any atom is 0.307 e. The maximum atomic E-state index is 12.1. The zero-order valence-corrected chi connectivity index (χ0v) is 13.8. The van der Waals surface area contributed by atoms with E-state index in [4.69, 9.17) is 4.74 Å². The summed E-state index contributed by atoms with van der Waals surface area (Å²) >= 11 is 3.14. The number of sulfonamides is 1. The maximum absolute atomic E-state index is 12.1. The van der Waals surface area contributed by atoms with E-state index in [1.807, 2.05) is 6.92 Å². The topological polar surface area (TPSA) is 72.5 Å². The third-order valence-corrected chi connectivity index (χ3v) is 4.43. The van der Waals surface area contributed by atoms with Crippen LogP contribution in [0, 0.1) is 6.92 Å². The molecule has 0 aliphatic rings. The van der Waals surface area contributed by atoms with Crippen molar-refractivity contribution < 1.29 is 17.9 Å². The second-order valence-corrected chi connectivity index (χ2v) is 6.96. The number of esters is 1. The minimum Gasteiger partial charge on any atom is -0.465 e. The van der Waals surface area contributed by atoms with E-state index in [2.05, 4.69) is 20.7 Å². The van der Waals surface area contributed by atoms with Gasteiger partial charge in [-0.3, -0.25) is 4.79 Å². The first-order valence-electron chi connectivity index (χ1n) is 6.15. The van der Waals surface area contributed by atoms with Gasteiger partial charge in [-0.05, 0) is 26.0 Å².